The maximum Gasteiger partial charge on any atom is 0.175 e. The maximum atomic E-state index is 11.4. The molecule has 0 atom stereocenters. The Morgan fingerprint density at radius 2 is 1.70 bits per heavy atom. The second-order valence-corrected chi connectivity index (χ2v) is 7.25. The monoisotopic (exact) mass is 329 g/mol. The Balaban J connectivity index is 2.10. The Morgan fingerprint density at radius 1 is 1.05 bits per heavy atom. The quantitative estimate of drug-likeness (QED) is 0.921. The first kappa shape index (κ1) is 15.2. The van der Waals surface area contributed by atoms with Crippen molar-refractivity contribution < 1.29 is 8.42 Å². The van der Waals surface area contributed by atoms with Crippen LogP contribution in [0.3, 0.4) is 0 Å². The van der Waals surface area contributed by atoms with Gasteiger partial charge in [0.05, 0.1) is 4.90 Å². The maximum absolute atomic E-state index is 11.4. The summed E-state index contributed by atoms with van der Waals surface area (Å²) in [7, 11) is -3.17. The molecule has 0 saturated heterocycles. The van der Waals surface area contributed by atoms with Crippen LogP contribution in [0.15, 0.2) is 47.4 Å². The third kappa shape index (κ3) is 3.88. The van der Waals surface area contributed by atoms with Gasteiger partial charge >= 0.3 is 0 Å². The van der Waals surface area contributed by atoms with Gasteiger partial charge in [-0.1, -0.05) is 23.2 Å². The minimum absolute atomic E-state index is 0.295. The van der Waals surface area contributed by atoms with Crippen LogP contribution in [0.25, 0.3) is 0 Å². The molecule has 2 aromatic rings. The Hall–Kier alpha value is -1.23. The lowest BCUT2D eigenvalue weighted by Gasteiger charge is -2.09. The van der Waals surface area contributed by atoms with Gasteiger partial charge in [-0.05, 0) is 48.0 Å². The van der Waals surface area contributed by atoms with E-state index in [-0.39, 0.29) is 0 Å². The molecule has 106 valence electrons. The van der Waals surface area contributed by atoms with Crippen molar-refractivity contribution in [2.75, 3.05) is 11.6 Å². The van der Waals surface area contributed by atoms with E-state index in [0.29, 0.717) is 21.5 Å². The van der Waals surface area contributed by atoms with Crippen molar-refractivity contribution in [3.8, 4) is 0 Å². The fraction of sp³-hybridized carbons (Fsp3) is 0.143. The second-order valence-electron chi connectivity index (χ2n) is 4.39. The van der Waals surface area contributed by atoms with Gasteiger partial charge in [0.1, 0.15) is 0 Å². The molecule has 0 unspecified atom stereocenters. The first-order chi connectivity index (χ1) is 9.36. The molecule has 0 saturated carbocycles. The minimum Gasteiger partial charge on any atom is -0.381 e. The van der Waals surface area contributed by atoms with Crippen molar-refractivity contribution in [1.29, 1.82) is 0 Å². The summed E-state index contributed by atoms with van der Waals surface area (Å²) in [6.07, 6.45) is 1.18. The van der Waals surface area contributed by atoms with Crippen molar-refractivity contribution in [1.82, 2.24) is 0 Å². The average Bonchev–Trinajstić information content (AvgIpc) is 2.39. The highest BCUT2D eigenvalue weighted by molar-refractivity contribution is 7.90. The summed E-state index contributed by atoms with van der Waals surface area (Å²) in [4.78, 5) is 0.295. The summed E-state index contributed by atoms with van der Waals surface area (Å²) in [5.41, 5.74) is 1.69. The summed E-state index contributed by atoms with van der Waals surface area (Å²) in [6.45, 7) is 0.512. The summed E-state index contributed by atoms with van der Waals surface area (Å²) >= 11 is 12.0. The van der Waals surface area contributed by atoms with Gasteiger partial charge in [0.15, 0.2) is 9.84 Å². The molecule has 0 radical (unpaired) electrons. The summed E-state index contributed by atoms with van der Waals surface area (Å²) in [6, 6.07) is 11.8. The molecule has 0 spiro atoms. The van der Waals surface area contributed by atoms with Crippen molar-refractivity contribution in [2.24, 2.45) is 0 Å². The van der Waals surface area contributed by atoms with E-state index >= 15 is 0 Å². The summed E-state index contributed by atoms with van der Waals surface area (Å²) in [5, 5.41) is 4.43. The number of hydrogen-bond acceptors (Lipinski definition) is 3. The van der Waals surface area contributed by atoms with Gasteiger partial charge in [0, 0.05) is 28.5 Å². The van der Waals surface area contributed by atoms with Crippen LogP contribution < -0.4 is 5.32 Å². The lowest BCUT2D eigenvalue weighted by atomic mass is 10.2. The molecule has 0 aliphatic heterocycles. The van der Waals surface area contributed by atoms with Crippen LogP contribution in [0.1, 0.15) is 5.56 Å². The molecule has 20 heavy (non-hydrogen) atoms. The van der Waals surface area contributed by atoms with Crippen LogP contribution in [0.2, 0.25) is 10.0 Å². The fourth-order valence-electron chi connectivity index (χ4n) is 1.70. The number of benzene rings is 2. The highest BCUT2D eigenvalue weighted by atomic mass is 35.5. The summed E-state index contributed by atoms with van der Waals surface area (Å²) < 4.78 is 22.7. The van der Waals surface area contributed by atoms with Crippen LogP contribution in [0.5, 0.6) is 0 Å². The van der Waals surface area contributed by atoms with Crippen LogP contribution in [0, 0.1) is 0 Å². The zero-order valence-corrected chi connectivity index (χ0v) is 13.1. The topological polar surface area (TPSA) is 46.2 Å². The molecule has 0 amide bonds. The predicted octanol–water partition coefficient (Wildman–Crippen LogP) is 4.01. The highest BCUT2D eigenvalue weighted by Gasteiger charge is 2.06. The van der Waals surface area contributed by atoms with Gasteiger partial charge in [-0.25, -0.2) is 8.42 Å². The summed E-state index contributed by atoms with van der Waals surface area (Å²) in [5.74, 6) is 0. The third-order valence-electron chi connectivity index (χ3n) is 2.77. The van der Waals surface area contributed by atoms with Gasteiger partial charge in [-0.3, -0.25) is 0 Å². The number of halogens is 2. The van der Waals surface area contributed by atoms with Gasteiger partial charge in [0.25, 0.3) is 0 Å². The van der Waals surface area contributed by atoms with Gasteiger partial charge in [-0.15, -0.1) is 0 Å². The molecule has 0 bridgehead atoms. The first-order valence-corrected chi connectivity index (χ1v) is 8.49. The smallest absolute Gasteiger partial charge is 0.175 e. The van der Waals surface area contributed by atoms with E-state index in [1.54, 1.807) is 42.5 Å². The number of anilines is 1. The molecule has 0 aliphatic carbocycles. The molecule has 6 heteroatoms. The van der Waals surface area contributed by atoms with Crippen LogP contribution in [-0.2, 0) is 16.4 Å². The van der Waals surface area contributed by atoms with E-state index in [1.807, 2.05) is 0 Å². The largest absolute Gasteiger partial charge is 0.381 e. The molecule has 3 nitrogen and oxygen atoms in total. The zero-order chi connectivity index (χ0) is 14.8. The number of sulfone groups is 1. The lowest BCUT2D eigenvalue weighted by molar-refractivity contribution is 0.602. The van der Waals surface area contributed by atoms with Crippen molar-refractivity contribution in [3.63, 3.8) is 0 Å². The first-order valence-electron chi connectivity index (χ1n) is 5.84. The molecule has 0 heterocycles. The van der Waals surface area contributed by atoms with Crippen molar-refractivity contribution in [3.05, 3.63) is 58.1 Å². The van der Waals surface area contributed by atoms with E-state index in [0.717, 1.165) is 11.3 Å². The number of nitrogens with one attached hydrogen (secondary N) is 1. The standard InChI is InChI=1S/C14H13Cl2NO2S/c1-20(18,19)13-5-3-12(4-6-13)17-9-10-8-11(15)2-7-14(10)16/h2-8,17H,9H2,1H3. The molecule has 2 rings (SSSR count). The highest BCUT2D eigenvalue weighted by Crippen LogP contribution is 2.22. The zero-order valence-electron chi connectivity index (χ0n) is 10.7. The third-order valence-corrected chi connectivity index (χ3v) is 4.51. The van der Waals surface area contributed by atoms with Crippen molar-refractivity contribution >= 4 is 38.7 Å². The second kappa shape index (κ2) is 6.04. The SMILES string of the molecule is CS(=O)(=O)c1ccc(NCc2cc(Cl)ccc2Cl)cc1. The van der Waals surface area contributed by atoms with Gasteiger partial charge in [-0.2, -0.15) is 0 Å². The van der Waals surface area contributed by atoms with Gasteiger partial charge in [0.2, 0.25) is 0 Å². The average molecular weight is 330 g/mol. The van der Waals surface area contributed by atoms with Gasteiger partial charge < -0.3 is 5.32 Å². The molecule has 1 N–H and O–H groups in total. The molecule has 0 fully saturated rings. The minimum atomic E-state index is -3.17. The Morgan fingerprint density at radius 3 is 2.30 bits per heavy atom. The van der Waals surface area contributed by atoms with E-state index < -0.39 is 9.84 Å². The Bertz CT molecular complexity index is 712. The Kier molecular flexibility index (Phi) is 4.58. The molecule has 2 aromatic carbocycles. The molecule has 0 aromatic heterocycles. The number of hydrogen-bond donors (Lipinski definition) is 1. The molecular formula is C14H13Cl2NO2S. The predicted molar refractivity (Wildman–Crippen MR) is 83.3 cm³/mol. The fourth-order valence-corrected chi connectivity index (χ4v) is 2.71. The lowest BCUT2D eigenvalue weighted by Crippen LogP contribution is -2.01. The van der Waals surface area contributed by atoms with Crippen LogP contribution in [-0.4, -0.2) is 14.7 Å². The van der Waals surface area contributed by atoms with E-state index in [2.05, 4.69) is 5.32 Å². The van der Waals surface area contributed by atoms with Crippen LogP contribution >= 0.6 is 23.2 Å². The van der Waals surface area contributed by atoms with E-state index in [9.17, 15) is 8.42 Å². The number of rotatable bonds is 4. The normalized spacial score (nSPS) is 11.3. The Labute approximate surface area is 128 Å². The van der Waals surface area contributed by atoms with E-state index in [4.69, 9.17) is 23.2 Å². The van der Waals surface area contributed by atoms with Crippen molar-refractivity contribution in [2.45, 2.75) is 11.4 Å². The molecular weight excluding hydrogens is 317 g/mol. The van der Waals surface area contributed by atoms with E-state index in [1.165, 1.54) is 6.26 Å². The van der Waals surface area contributed by atoms with Crippen LogP contribution in [0.4, 0.5) is 5.69 Å². The molecule has 0 aliphatic rings.